The molecule has 0 fully saturated rings. The highest BCUT2D eigenvalue weighted by atomic mass is 35.5. The molecule has 3 rings (SSSR count). The third-order valence-corrected chi connectivity index (χ3v) is 5.56. The van der Waals surface area contributed by atoms with Gasteiger partial charge in [-0.3, -0.25) is 14.4 Å². The zero-order valence-electron chi connectivity index (χ0n) is 16.9. The van der Waals surface area contributed by atoms with Crippen molar-refractivity contribution in [1.82, 2.24) is 15.5 Å². The highest BCUT2D eigenvalue weighted by Gasteiger charge is 2.21. The Hall–Kier alpha value is -3.04. The molecule has 0 aliphatic rings. The molecule has 1 aromatic carbocycles. The fraction of sp³-hybridized carbons (Fsp3) is 0.286. The Labute approximate surface area is 187 Å². The third kappa shape index (κ3) is 6.47. The van der Waals surface area contributed by atoms with E-state index in [4.69, 9.17) is 20.9 Å². The van der Waals surface area contributed by atoms with Crippen LogP contribution in [0.15, 0.2) is 40.9 Å². The number of carbonyl (C=O) groups is 3. The molecule has 8 nitrogen and oxygen atoms in total. The topological polar surface area (TPSA) is 111 Å². The van der Waals surface area contributed by atoms with E-state index < -0.39 is 12.1 Å². The molecule has 0 spiro atoms. The third-order valence-electron chi connectivity index (χ3n) is 4.21. The number of benzene rings is 1. The molecule has 1 unspecified atom stereocenters. The molecule has 3 aromatic rings. The molecule has 31 heavy (non-hydrogen) atoms. The fourth-order valence-corrected chi connectivity index (χ4v) is 3.70. The molecule has 0 aliphatic heterocycles. The summed E-state index contributed by atoms with van der Waals surface area (Å²) in [5, 5.41) is 7.16. The van der Waals surface area contributed by atoms with Crippen LogP contribution in [0.25, 0.3) is 11.4 Å². The van der Waals surface area contributed by atoms with E-state index in [0.717, 1.165) is 10.4 Å². The van der Waals surface area contributed by atoms with Crippen molar-refractivity contribution in [3.8, 4) is 11.4 Å². The van der Waals surface area contributed by atoms with Crippen molar-refractivity contribution in [2.75, 3.05) is 0 Å². The second-order valence-electron chi connectivity index (χ2n) is 6.69. The summed E-state index contributed by atoms with van der Waals surface area (Å²) in [5.41, 5.74) is 0.745. The summed E-state index contributed by atoms with van der Waals surface area (Å²) in [6, 6.07) is 10.4. The predicted molar refractivity (Wildman–Crippen MR) is 115 cm³/mol. The maximum absolute atomic E-state index is 12.5. The maximum atomic E-state index is 12.5. The number of carbonyl (C=O) groups excluding carboxylic acids is 3. The van der Waals surface area contributed by atoms with E-state index in [-0.39, 0.29) is 24.5 Å². The first-order chi connectivity index (χ1) is 14.8. The number of hydrogen-bond donors (Lipinski definition) is 1. The van der Waals surface area contributed by atoms with Crippen molar-refractivity contribution in [3.05, 3.63) is 57.1 Å². The molecule has 0 aliphatic carbocycles. The summed E-state index contributed by atoms with van der Waals surface area (Å²) in [6.07, 6.45) is -0.731. The van der Waals surface area contributed by atoms with Gasteiger partial charge in [0.05, 0.1) is 17.8 Å². The van der Waals surface area contributed by atoms with Crippen molar-refractivity contribution >= 4 is 40.6 Å². The van der Waals surface area contributed by atoms with Crippen LogP contribution < -0.4 is 5.32 Å². The van der Waals surface area contributed by atoms with E-state index >= 15 is 0 Å². The molecule has 1 N–H and O–H groups in total. The van der Waals surface area contributed by atoms with E-state index in [1.807, 2.05) is 0 Å². The molecule has 1 atom stereocenters. The van der Waals surface area contributed by atoms with Gasteiger partial charge in [0, 0.05) is 28.8 Å². The highest BCUT2D eigenvalue weighted by molar-refractivity contribution is 7.14. The molecule has 0 saturated carbocycles. The van der Waals surface area contributed by atoms with Gasteiger partial charge >= 0.3 is 5.97 Å². The van der Waals surface area contributed by atoms with E-state index in [0.29, 0.717) is 28.2 Å². The number of ether oxygens (including phenoxy) is 1. The summed E-state index contributed by atoms with van der Waals surface area (Å²) in [5.74, 6) is -0.291. The Morgan fingerprint density at radius 3 is 2.65 bits per heavy atom. The number of thiophene rings is 1. The number of rotatable bonds is 9. The first-order valence-electron chi connectivity index (χ1n) is 9.47. The summed E-state index contributed by atoms with van der Waals surface area (Å²) in [7, 11) is 0. The van der Waals surface area contributed by atoms with Gasteiger partial charge in [-0.25, -0.2) is 0 Å². The van der Waals surface area contributed by atoms with Gasteiger partial charge in [0.2, 0.25) is 23.4 Å². The monoisotopic (exact) mass is 461 g/mol. The van der Waals surface area contributed by atoms with E-state index in [1.54, 1.807) is 36.4 Å². The van der Waals surface area contributed by atoms with Crippen LogP contribution in [-0.2, 0) is 27.3 Å². The fourth-order valence-electron chi connectivity index (χ4n) is 2.61. The first-order valence-corrected chi connectivity index (χ1v) is 10.7. The van der Waals surface area contributed by atoms with Crippen LogP contribution in [0, 0.1) is 0 Å². The van der Waals surface area contributed by atoms with Crippen molar-refractivity contribution < 1.29 is 23.6 Å². The number of hydrogen-bond acceptors (Lipinski definition) is 8. The molecule has 10 heteroatoms. The summed E-state index contributed by atoms with van der Waals surface area (Å²) >= 11 is 7.12. The Kier molecular flexibility index (Phi) is 7.54. The van der Waals surface area contributed by atoms with Crippen LogP contribution >= 0.6 is 22.9 Å². The average Bonchev–Trinajstić information content (AvgIpc) is 3.40. The molecule has 162 valence electrons. The van der Waals surface area contributed by atoms with Gasteiger partial charge in [-0.1, -0.05) is 16.8 Å². The van der Waals surface area contributed by atoms with Gasteiger partial charge in [-0.15, -0.1) is 11.3 Å². The normalized spacial score (nSPS) is 11.7. The molecule has 0 bridgehead atoms. The molecule has 2 aromatic heterocycles. The van der Waals surface area contributed by atoms with E-state index in [1.165, 1.54) is 25.2 Å². The Morgan fingerprint density at radius 1 is 1.19 bits per heavy atom. The molecule has 0 radical (unpaired) electrons. The largest absolute Gasteiger partial charge is 0.454 e. The van der Waals surface area contributed by atoms with Gasteiger partial charge in [0.1, 0.15) is 0 Å². The lowest BCUT2D eigenvalue weighted by molar-refractivity contribution is -0.146. The second kappa shape index (κ2) is 10.3. The van der Waals surface area contributed by atoms with Gasteiger partial charge in [0.25, 0.3) is 0 Å². The number of amides is 1. The maximum Gasteiger partial charge on any atom is 0.307 e. The van der Waals surface area contributed by atoms with Crippen LogP contribution in [0.1, 0.15) is 40.7 Å². The first kappa shape index (κ1) is 22.6. The van der Waals surface area contributed by atoms with Crippen LogP contribution in [0.2, 0.25) is 5.02 Å². The van der Waals surface area contributed by atoms with Crippen LogP contribution in [0.5, 0.6) is 0 Å². The van der Waals surface area contributed by atoms with E-state index in [9.17, 15) is 14.4 Å². The Balaban J connectivity index is 1.48. The molecule has 0 saturated heterocycles. The van der Waals surface area contributed by atoms with E-state index in [2.05, 4.69) is 15.5 Å². The summed E-state index contributed by atoms with van der Waals surface area (Å²) in [6.45, 7) is 3.30. The number of esters is 1. The number of nitrogens with one attached hydrogen (secondary N) is 1. The minimum atomic E-state index is -0.924. The number of aryl methyl sites for hydroxylation is 1. The Morgan fingerprint density at radius 2 is 1.94 bits per heavy atom. The van der Waals surface area contributed by atoms with Gasteiger partial charge in [-0.2, -0.15) is 4.98 Å². The lowest BCUT2D eigenvalue weighted by Gasteiger charge is -2.10. The van der Waals surface area contributed by atoms with Gasteiger partial charge in [0.15, 0.2) is 6.10 Å². The predicted octanol–water partition coefficient (Wildman–Crippen LogP) is 3.83. The van der Waals surface area contributed by atoms with Crippen LogP contribution in [0.4, 0.5) is 0 Å². The zero-order valence-corrected chi connectivity index (χ0v) is 18.5. The number of halogens is 1. The zero-order chi connectivity index (χ0) is 22.4. The van der Waals surface area contributed by atoms with Crippen LogP contribution in [0.3, 0.4) is 0 Å². The average molecular weight is 462 g/mol. The van der Waals surface area contributed by atoms with Gasteiger partial charge < -0.3 is 14.6 Å². The lowest BCUT2D eigenvalue weighted by atomic mass is 10.2. The number of ketones is 1. The highest BCUT2D eigenvalue weighted by Crippen LogP contribution is 2.20. The quantitative estimate of drug-likeness (QED) is 0.380. The Bertz CT molecular complexity index is 1080. The molecular formula is C21H20ClN3O5S. The number of aromatic nitrogens is 2. The van der Waals surface area contributed by atoms with Crippen molar-refractivity contribution in [3.63, 3.8) is 0 Å². The summed E-state index contributed by atoms with van der Waals surface area (Å²) in [4.78, 5) is 41.2. The standard InChI is InChI=1S/C21H20ClN3O5S/c1-12(20(28)17-8-7-16(31-17)11-23-13(2)26)29-19(27)10-9-18-24-21(25-30-18)14-3-5-15(22)6-4-14/h3-8,12H,9-11H2,1-2H3,(H,23,26). The minimum Gasteiger partial charge on any atom is -0.454 e. The van der Waals surface area contributed by atoms with Crippen molar-refractivity contribution in [2.45, 2.75) is 39.3 Å². The number of nitrogens with zero attached hydrogens (tertiary/aromatic N) is 2. The second-order valence-corrected chi connectivity index (χ2v) is 8.30. The molecule has 1 amide bonds. The number of Topliss-reactive ketones (excluding diaryl/α,β-unsaturated/α-hetero) is 1. The lowest BCUT2D eigenvalue weighted by Crippen LogP contribution is -2.24. The summed E-state index contributed by atoms with van der Waals surface area (Å²) < 4.78 is 10.4. The van der Waals surface area contributed by atoms with Crippen LogP contribution in [-0.4, -0.2) is 33.9 Å². The SMILES string of the molecule is CC(=O)NCc1ccc(C(=O)C(C)OC(=O)CCc2nc(-c3ccc(Cl)cc3)no2)s1. The van der Waals surface area contributed by atoms with Crippen molar-refractivity contribution in [1.29, 1.82) is 0 Å². The van der Waals surface area contributed by atoms with Gasteiger partial charge in [-0.05, 0) is 43.3 Å². The minimum absolute atomic E-state index is 0.00189. The molecular weight excluding hydrogens is 442 g/mol. The smallest absolute Gasteiger partial charge is 0.307 e. The van der Waals surface area contributed by atoms with Crippen molar-refractivity contribution in [2.24, 2.45) is 0 Å². The molecule has 2 heterocycles.